The van der Waals surface area contributed by atoms with Crippen molar-refractivity contribution in [1.29, 1.82) is 0 Å². The number of nitrogens with zero attached hydrogens (tertiary/aromatic N) is 3. The Morgan fingerprint density at radius 3 is 2.54 bits per heavy atom. The van der Waals surface area contributed by atoms with Crippen LogP contribution in [0.1, 0.15) is 35.8 Å². The third kappa shape index (κ3) is 3.33. The fourth-order valence-corrected chi connectivity index (χ4v) is 4.33. The van der Waals surface area contributed by atoms with Gasteiger partial charge in [0.15, 0.2) is 0 Å². The van der Waals surface area contributed by atoms with Crippen molar-refractivity contribution in [2.45, 2.75) is 24.7 Å². The molecule has 0 saturated carbocycles. The first-order valence-electron chi connectivity index (χ1n) is 9.39. The molecule has 0 unspecified atom stereocenters. The van der Waals surface area contributed by atoms with Gasteiger partial charge in [-0.05, 0) is 42.0 Å². The molecule has 2 aromatic rings. The van der Waals surface area contributed by atoms with Crippen molar-refractivity contribution in [2.75, 3.05) is 26.2 Å². The monoisotopic (exact) mass is 354 g/mol. The fraction of sp³-hybridized carbons (Fsp3) is 0.500. The lowest BCUT2D eigenvalue weighted by molar-refractivity contribution is -0.136. The lowest BCUT2D eigenvalue weighted by Crippen LogP contribution is -2.43. The quantitative estimate of drug-likeness (QED) is 0.882. The molecule has 0 radical (unpaired) electrons. The van der Waals surface area contributed by atoms with E-state index in [4.69, 9.17) is 0 Å². The molecule has 6 heteroatoms. The van der Waals surface area contributed by atoms with Crippen molar-refractivity contribution in [3.63, 3.8) is 0 Å². The molecule has 2 atom stereocenters. The average molecular weight is 354 g/mol. The van der Waals surface area contributed by atoms with E-state index in [1.54, 1.807) is 16.8 Å². The van der Waals surface area contributed by atoms with Crippen LogP contribution in [0, 0.1) is 5.92 Å². The molecule has 2 N–H and O–H groups in total. The maximum absolute atomic E-state index is 13.1. The van der Waals surface area contributed by atoms with Gasteiger partial charge in [-0.25, -0.2) is 0 Å². The van der Waals surface area contributed by atoms with Crippen molar-refractivity contribution >= 4 is 5.91 Å². The summed E-state index contributed by atoms with van der Waals surface area (Å²) in [6.45, 7) is 3.20. The van der Waals surface area contributed by atoms with Crippen LogP contribution in [0.2, 0.25) is 0 Å². The Kier molecular flexibility index (Phi) is 4.68. The van der Waals surface area contributed by atoms with Gasteiger partial charge in [-0.1, -0.05) is 12.1 Å². The largest absolute Gasteiger partial charge is 0.508 e. The molecule has 4 rings (SSSR count). The van der Waals surface area contributed by atoms with Gasteiger partial charge in [0.2, 0.25) is 5.91 Å². The SMILES string of the molecule is Cn1cc([C@H]2CNC[C@@H]2C(=O)N2CCC(c3ccc(O)cc3)CC2)cn1. The normalized spacial score (nSPS) is 24.1. The van der Waals surface area contributed by atoms with Crippen molar-refractivity contribution in [3.05, 3.63) is 47.8 Å². The summed E-state index contributed by atoms with van der Waals surface area (Å²) in [7, 11) is 1.91. The second-order valence-electron chi connectivity index (χ2n) is 7.51. The highest BCUT2D eigenvalue weighted by Crippen LogP contribution is 2.33. The Morgan fingerprint density at radius 2 is 1.88 bits per heavy atom. The van der Waals surface area contributed by atoms with Gasteiger partial charge in [-0.2, -0.15) is 5.10 Å². The zero-order valence-electron chi connectivity index (χ0n) is 15.1. The Labute approximate surface area is 153 Å². The van der Waals surface area contributed by atoms with E-state index in [9.17, 15) is 9.90 Å². The topological polar surface area (TPSA) is 70.4 Å². The van der Waals surface area contributed by atoms with Gasteiger partial charge in [0.1, 0.15) is 5.75 Å². The van der Waals surface area contributed by atoms with Crippen LogP contribution in [0.25, 0.3) is 0 Å². The number of hydrogen-bond acceptors (Lipinski definition) is 4. The molecule has 6 nitrogen and oxygen atoms in total. The lowest BCUT2D eigenvalue weighted by Gasteiger charge is -2.34. The first kappa shape index (κ1) is 17.1. The van der Waals surface area contributed by atoms with E-state index in [1.165, 1.54) is 5.56 Å². The first-order chi connectivity index (χ1) is 12.6. The van der Waals surface area contributed by atoms with Crippen LogP contribution >= 0.6 is 0 Å². The summed E-state index contributed by atoms with van der Waals surface area (Å²) < 4.78 is 1.80. The van der Waals surface area contributed by atoms with Crippen LogP contribution < -0.4 is 5.32 Å². The van der Waals surface area contributed by atoms with Crippen LogP contribution in [-0.2, 0) is 11.8 Å². The maximum atomic E-state index is 13.1. The summed E-state index contributed by atoms with van der Waals surface area (Å²) in [5.74, 6) is 1.26. The van der Waals surface area contributed by atoms with Crippen molar-refractivity contribution in [1.82, 2.24) is 20.0 Å². The minimum absolute atomic E-state index is 0.00409. The Hall–Kier alpha value is -2.34. The highest BCUT2D eigenvalue weighted by Gasteiger charge is 2.38. The van der Waals surface area contributed by atoms with E-state index in [0.717, 1.165) is 44.6 Å². The predicted molar refractivity (Wildman–Crippen MR) is 99.0 cm³/mol. The summed E-state index contributed by atoms with van der Waals surface area (Å²) in [6, 6.07) is 7.48. The number of phenolic OH excluding ortho intramolecular Hbond substituents is 1. The number of amides is 1. The molecule has 3 heterocycles. The van der Waals surface area contributed by atoms with Gasteiger partial charge in [-0.3, -0.25) is 9.48 Å². The molecule has 2 fully saturated rings. The average Bonchev–Trinajstić information content (AvgIpc) is 3.30. The number of benzene rings is 1. The number of aryl methyl sites for hydroxylation is 1. The number of piperidine rings is 1. The number of carbonyl (C=O) groups excluding carboxylic acids is 1. The molecule has 26 heavy (non-hydrogen) atoms. The molecule has 2 aliphatic heterocycles. The standard InChI is InChI=1S/C20H26N4O2/c1-23-13-16(10-22-23)18-11-21-12-19(18)20(26)24-8-6-15(7-9-24)14-2-4-17(25)5-3-14/h2-5,10,13,15,18-19,21,25H,6-9,11-12H2,1H3/t18-,19+/m1/s1. The van der Waals surface area contributed by atoms with Crippen LogP contribution in [0.3, 0.4) is 0 Å². The lowest BCUT2D eigenvalue weighted by atomic mass is 9.86. The van der Waals surface area contributed by atoms with Crippen molar-refractivity contribution in [2.24, 2.45) is 13.0 Å². The number of hydrogen-bond donors (Lipinski definition) is 2. The Morgan fingerprint density at radius 1 is 1.15 bits per heavy atom. The number of carbonyl (C=O) groups is 1. The van der Waals surface area contributed by atoms with E-state index < -0.39 is 0 Å². The molecular formula is C20H26N4O2. The van der Waals surface area contributed by atoms with Gasteiger partial charge in [0.05, 0.1) is 12.1 Å². The summed E-state index contributed by atoms with van der Waals surface area (Å²) in [6.07, 6.45) is 5.87. The summed E-state index contributed by atoms with van der Waals surface area (Å²) in [4.78, 5) is 15.1. The van der Waals surface area contributed by atoms with Gasteiger partial charge in [0, 0.05) is 45.3 Å². The second-order valence-corrected chi connectivity index (χ2v) is 7.51. The second kappa shape index (κ2) is 7.11. The Balaban J connectivity index is 1.39. The highest BCUT2D eigenvalue weighted by molar-refractivity contribution is 5.80. The minimum Gasteiger partial charge on any atom is -0.508 e. The van der Waals surface area contributed by atoms with Crippen molar-refractivity contribution in [3.8, 4) is 5.75 Å². The molecule has 1 aromatic carbocycles. The summed E-state index contributed by atoms with van der Waals surface area (Å²) in [5.41, 5.74) is 2.40. The molecule has 1 amide bonds. The minimum atomic E-state index is 0.00409. The molecule has 138 valence electrons. The van der Waals surface area contributed by atoms with Crippen LogP contribution in [0.4, 0.5) is 0 Å². The molecule has 0 aliphatic carbocycles. The fourth-order valence-electron chi connectivity index (χ4n) is 4.33. The third-order valence-electron chi connectivity index (χ3n) is 5.86. The van der Waals surface area contributed by atoms with E-state index in [1.807, 2.05) is 36.5 Å². The van der Waals surface area contributed by atoms with Gasteiger partial charge >= 0.3 is 0 Å². The number of likely N-dealkylation sites (tertiary alicyclic amines) is 1. The zero-order chi connectivity index (χ0) is 18.1. The number of nitrogens with one attached hydrogen (secondary N) is 1. The van der Waals surface area contributed by atoms with E-state index in [-0.39, 0.29) is 17.7 Å². The Bertz CT molecular complexity index is 762. The first-order valence-corrected chi connectivity index (χ1v) is 9.39. The van der Waals surface area contributed by atoms with Crippen molar-refractivity contribution < 1.29 is 9.90 Å². The third-order valence-corrected chi connectivity index (χ3v) is 5.86. The summed E-state index contributed by atoms with van der Waals surface area (Å²) in [5, 5.41) is 17.1. The van der Waals surface area contributed by atoms with E-state index in [0.29, 0.717) is 11.7 Å². The maximum Gasteiger partial charge on any atom is 0.227 e. The smallest absolute Gasteiger partial charge is 0.227 e. The number of aromatic hydroxyl groups is 1. The number of aromatic nitrogens is 2. The van der Waals surface area contributed by atoms with Crippen LogP contribution in [0.15, 0.2) is 36.7 Å². The van der Waals surface area contributed by atoms with Gasteiger partial charge in [0.25, 0.3) is 0 Å². The zero-order valence-corrected chi connectivity index (χ0v) is 15.1. The molecule has 1 aromatic heterocycles. The molecule has 0 spiro atoms. The van der Waals surface area contributed by atoms with E-state index in [2.05, 4.69) is 10.4 Å². The molecule has 0 bridgehead atoms. The van der Waals surface area contributed by atoms with Gasteiger partial charge < -0.3 is 15.3 Å². The number of rotatable bonds is 3. The summed E-state index contributed by atoms with van der Waals surface area (Å²) >= 11 is 0. The predicted octanol–water partition coefficient (Wildman–Crippen LogP) is 1.83. The molecular weight excluding hydrogens is 328 g/mol. The van der Waals surface area contributed by atoms with Gasteiger partial charge in [-0.15, -0.1) is 0 Å². The molecule has 2 saturated heterocycles. The van der Waals surface area contributed by atoms with Crippen LogP contribution in [-0.4, -0.2) is 51.9 Å². The molecule has 2 aliphatic rings. The highest BCUT2D eigenvalue weighted by atomic mass is 16.3. The van der Waals surface area contributed by atoms with Crippen LogP contribution in [0.5, 0.6) is 5.75 Å². The number of phenols is 1. The van der Waals surface area contributed by atoms with E-state index >= 15 is 0 Å².